The van der Waals surface area contributed by atoms with Crippen molar-refractivity contribution in [3.63, 3.8) is 0 Å². The van der Waals surface area contributed by atoms with E-state index in [-0.39, 0.29) is 17.1 Å². The van der Waals surface area contributed by atoms with Crippen molar-refractivity contribution in [2.75, 3.05) is 7.11 Å². The number of benzene rings is 1. The summed E-state index contributed by atoms with van der Waals surface area (Å²) in [4.78, 5) is 3.11. The summed E-state index contributed by atoms with van der Waals surface area (Å²) in [5.74, 6) is -0.129. The predicted octanol–water partition coefficient (Wildman–Crippen LogP) is 4.77. The molecule has 1 aromatic carbocycles. The fraction of sp³-hybridized carbons (Fsp3) is 0.533. The molecule has 3 nitrogen and oxygen atoms in total. The highest BCUT2D eigenvalue weighted by Crippen LogP contribution is 2.35. The van der Waals surface area contributed by atoms with Crippen LogP contribution in [0.3, 0.4) is 0 Å². The number of halogens is 1. The predicted molar refractivity (Wildman–Crippen MR) is 82.5 cm³/mol. The van der Waals surface area contributed by atoms with Crippen LogP contribution in [-0.2, 0) is 5.54 Å². The summed E-state index contributed by atoms with van der Waals surface area (Å²) in [6.07, 6.45) is 2.92. The maximum Gasteiger partial charge on any atom is 0.178 e. The van der Waals surface area contributed by atoms with Gasteiger partial charge in [0, 0.05) is 17.7 Å². The molecular formula is C15H21FN2OS. The molecule has 0 saturated heterocycles. The zero-order chi connectivity index (χ0) is 14.9. The van der Waals surface area contributed by atoms with E-state index in [1.54, 1.807) is 6.07 Å². The Kier molecular flexibility index (Phi) is 4.18. The van der Waals surface area contributed by atoms with E-state index in [2.05, 4.69) is 30.3 Å². The minimum atomic E-state index is -0.376. The van der Waals surface area contributed by atoms with Gasteiger partial charge in [-0.3, -0.25) is 0 Å². The highest BCUT2D eigenvalue weighted by molar-refractivity contribution is 7.71. The van der Waals surface area contributed by atoms with Crippen molar-refractivity contribution >= 4 is 23.3 Å². The molecular weight excluding hydrogens is 275 g/mol. The van der Waals surface area contributed by atoms with Gasteiger partial charge in [-0.05, 0) is 31.5 Å². The van der Waals surface area contributed by atoms with Crippen LogP contribution in [0.5, 0.6) is 5.75 Å². The van der Waals surface area contributed by atoms with Crippen molar-refractivity contribution in [3.05, 3.63) is 22.7 Å². The highest BCUT2D eigenvalue weighted by Gasteiger charge is 2.29. The summed E-state index contributed by atoms with van der Waals surface area (Å²) in [6, 6.07) is 3.18. The van der Waals surface area contributed by atoms with Crippen molar-refractivity contribution in [1.29, 1.82) is 0 Å². The topological polar surface area (TPSA) is 29.9 Å². The van der Waals surface area contributed by atoms with Crippen molar-refractivity contribution in [2.45, 2.75) is 45.6 Å². The van der Waals surface area contributed by atoms with Crippen molar-refractivity contribution in [3.8, 4) is 5.75 Å². The van der Waals surface area contributed by atoms with Gasteiger partial charge >= 0.3 is 0 Å². The third-order valence-corrected chi connectivity index (χ3v) is 4.69. The molecule has 0 aliphatic carbocycles. The number of ether oxygens (including phenoxy) is 1. The van der Waals surface area contributed by atoms with Crippen LogP contribution in [0, 0.1) is 10.6 Å². The van der Waals surface area contributed by atoms with E-state index in [1.165, 1.54) is 13.2 Å². The minimum Gasteiger partial charge on any atom is -0.494 e. The molecule has 0 fully saturated rings. The smallest absolute Gasteiger partial charge is 0.178 e. The van der Waals surface area contributed by atoms with Crippen LogP contribution in [0.25, 0.3) is 11.0 Å². The maximum absolute atomic E-state index is 13.8. The number of aromatic nitrogens is 2. The van der Waals surface area contributed by atoms with E-state index in [4.69, 9.17) is 17.0 Å². The normalized spacial score (nSPS) is 12.1. The lowest BCUT2D eigenvalue weighted by Crippen LogP contribution is -2.31. The first-order chi connectivity index (χ1) is 9.52. The van der Waals surface area contributed by atoms with Crippen LogP contribution in [0.4, 0.5) is 4.39 Å². The van der Waals surface area contributed by atoms with Crippen molar-refractivity contribution < 1.29 is 9.13 Å². The van der Waals surface area contributed by atoms with E-state index < -0.39 is 0 Å². The Morgan fingerprint density at radius 3 is 2.35 bits per heavy atom. The number of hydrogen-bond acceptors (Lipinski definition) is 2. The van der Waals surface area contributed by atoms with E-state index >= 15 is 0 Å². The van der Waals surface area contributed by atoms with Gasteiger partial charge in [0.25, 0.3) is 0 Å². The number of rotatable bonds is 5. The van der Waals surface area contributed by atoms with Gasteiger partial charge < -0.3 is 14.3 Å². The summed E-state index contributed by atoms with van der Waals surface area (Å²) in [5.41, 5.74) is 1.57. The second kappa shape index (κ2) is 5.56. The number of nitrogens with one attached hydrogen (secondary N) is 1. The number of aromatic amines is 1. The van der Waals surface area contributed by atoms with Gasteiger partial charge in [0.05, 0.1) is 18.1 Å². The summed E-state index contributed by atoms with van der Waals surface area (Å²) < 4.78 is 21.7. The molecule has 2 rings (SSSR count). The summed E-state index contributed by atoms with van der Waals surface area (Å²) in [5, 5.41) is 0. The summed E-state index contributed by atoms with van der Waals surface area (Å²) >= 11 is 5.47. The minimum absolute atomic E-state index is 0.0435. The van der Waals surface area contributed by atoms with Gasteiger partial charge in [-0.2, -0.15) is 0 Å². The Labute approximate surface area is 123 Å². The van der Waals surface area contributed by atoms with E-state index in [1.807, 2.05) is 0 Å². The molecule has 2 aromatic rings. The second-order valence-corrected chi connectivity index (χ2v) is 5.44. The molecule has 0 aliphatic rings. The zero-order valence-corrected chi connectivity index (χ0v) is 13.2. The number of methoxy groups -OCH3 is 1. The molecule has 0 amide bonds. The van der Waals surface area contributed by atoms with E-state index in [0.717, 1.165) is 24.8 Å². The van der Waals surface area contributed by atoms with Crippen molar-refractivity contribution in [1.82, 2.24) is 9.55 Å². The van der Waals surface area contributed by atoms with Gasteiger partial charge in [0.15, 0.2) is 16.3 Å². The molecule has 1 heterocycles. The first-order valence-corrected chi connectivity index (χ1v) is 7.42. The molecule has 0 radical (unpaired) electrons. The largest absolute Gasteiger partial charge is 0.494 e. The molecule has 0 atom stereocenters. The first kappa shape index (κ1) is 15.0. The van der Waals surface area contributed by atoms with Gasteiger partial charge in [-0.25, -0.2) is 4.39 Å². The molecule has 20 heavy (non-hydrogen) atoms. The monoisotopic (exact) mass is 296 g/mol. The fourth-order valence-electron chi connectivity index (χ4n) is 2.96. The Balaban J connectivity index is 2.82. The molecule has 0 saturated carbocycles. The molecule has 5 heteroatoms. The fourth-order valence-corrected chi connectivity index (χ4v) is 3.36. The number of fused-ring (bicyclic) bond motifs is 1. The van der Waals surface area contributed by atoms with Crippen LogP contribution in [0.15, 0.2) is 12.1 Å². The molecule has 0 unspecified atom stereocenters. The van der Waals surface area contributed by atoms with Crippen LogP contribution in [0.2, 0.25) is 0 Å². The number of H-pyrrole nitrogens is 1. The second-order valence-electron chi connectivity index (χ2n) is 5.05. The SMILES string of the molecule is CCC(CC)(CC)n1c(=S)[nH]c2cc(F)c(OC)cc21. The molecule has 0 spiro atoms. The molecule has 0 aliphatic heterocycles. The van der Waals surface area contributed by atoms with Gasteiger partial charge in [-0.1, -0.05) is 20.8 Å². The van der Waals surface area contributed by atoms with Crippen molar-refractivity contribution in [2.24, 2.45) is 0 Å². The zero-order valence-electron chi connectivity index (χ0n) is 12.4. The standard InChI is InChI=1S/C15H21FN2OS/c1-5-15(6-2,7-3)18-12-9-13(19-4)10(16)8-11(12)17-14(18)20/h8-9H,5-7H2,1-4H3,(H,17,20). The number of hydrogen-bond donors (Lipinski definition) is 1. The third-order valence-electron chi connectivity index (χ3n) is 4.40. The Hall–Kier alpha value is -1.36. The Bertz CT molecular complexity index is 662. The highest BCUT2D eigenvalue weighted by atomic mass is 32.1. The molecule has 1 N–H and O–H groups in total. The Morgan fingerprint density at radius 1 is 1.25 bits per heavy atom. The van der Waals surface area contributed by atoms with Crippen LogP contribution in [0.1, 0.15) is 40.0 Å². The number of nitrogens with zero attached hydrogens (tertiary/aromatic N) is 1. The van der Waals surface area contributed by atoms with Gasteiger partial charge in [0.2, 0.25) is 0 Å². The molecule has 1 aromatic heterocycles. The summed E-state index contributed by atoms with van der Waals surface area (Å²) in [7, 11) is 1.47. The van der Waals surface area contributed by atoms with Crippen LogP contribution in [-0.4, -0.2) is 16.7 Å². The van der Waals surface area contributed by atoms with E-state index in [9.17, 15) is 4.39 Å². The van der Waals surface area contributed by atoms with Crippen LogP contribution < -0.4 is 4.74 Å². The quantitative estimate of drug-likeness (QED) is 0.805. The summed E-state index contributed by atoms with van der Waals surface area (Å²) in [6.45, 7) is 6.48. The van der Waals surface area contributed by atoms with Crippen LogP contribution >= 0.6 is 12.2 Å². The molecule has 0 bridgehead atoms. The molecule has 110 valence electrons. The lowest BCUT2D eigenvalue weighted by atomic mass is 9.89. The first-order valence-electron chi connectivity index (χ1n) is 7.01. The maximum atomic E-state index is 13.8. The average molecular weight is 296 g/mol. The number of imidazole rings is 1. The third kappa shape index (κ3) is 2.14. The lowest BCUT2D eigenvalue weighted by molar-refractivity contribution is 0.255. The van der Waals surface area contributed by atoms with Gasteiger partial charge in [0.1, 0.15) is 0 Å². The average Bonchev–Trinajstić information content (AvgIpc) is 2.77. The van der Waals surface area contributed by atoms with Gasteiger partial charge in [-0.15, -0.1) is 0 Å². The van der Waals surface area contributed by atoms with E-state index in [0.29, 0.717) is 10.3 Å². The Morgan fingerprint density at radius 2 is 1.85 bits per heavy atom. The lowest BCUT2D eigenvalue weighted by Gasteiger charge is -2.33.